The molecule has 8 heteroatoms. The lowest BCUT2D eigenvalue weighted by Gasteiger charge is -2.20. The minimum Gasteiger partial charge on any atom is -0.507 e. The van der Waals surface area contributed by atoms with E-state index >= 15 is 0 Å². The summed E-state index contributed by atoms with van der Waals surface area (Å²) in [5.41, 5.74) is -1.12. The average Bonchev–Trinajstić information content (AvgIpc) is 3.40. The number of carbonyl (C=O) groups excluding carboxylic acids is 2. The maximum atomic E-state index is 11.8. The Hall–Kier alpha value is -2.87. The van der Waals surface area contributed by atoms with E-state index in [4.69, 9.17) is 4.42 Å². The van der Waals surface area contributed by atoms with Crippen molar-refractivity contribution in [3.63, 3.8) is 0 Å². The van der Waals surface area contributed by atoms with Crippen LogP contribution < -0.4 is 10.9 Å². The Morgan fingerprint density at radius 1 is 1.21 bits per heavy atom. The SMILES string of the molecule is CCC(=O)c1c(O)cc(C(C)CC/C=C/NC(=O)OC)oc1=O.CCc1ccc(CCC2CCCCC2)s1. The van der Waals surface area contributed by atoms with Gasteiger partial charge in [0.25, 0.3) is 0 Å². The van der Waals surface area contributed by atoms with Crippen molar-refractivity contribution in [3.05, 3.63) is 62.0 Å². The molecule has 3 rings (SSSR count). The Bertz CT molecular complexity index is 1100. The van der Waals surface area contributed by atoms with E-state index in [9.17, 15) is 19.5 Å². The summed E-state index contributed by atoms with van der Waals surface area (Å²) in [5, 5.41) is 12.3. The third-order valence-corrected chi connectivity index (χ3v) is 8.19. The number of ketones is 1. The Kier molecular flexibility index (Phi) is 13.9. The van der Waals surface area contributed by atoms with E-state index in [1.165, 1.54) is 70.7 Å². The van der Waals surface area contributed by atoms with Gasteiger partial charge in [0.05, 0.1) is 7.11 Å². The van der Waals surface area contributed by atoms with Crippen LogP contribution in [0.3, 0.4) is 0 Å². The van der Waals surface area contributed by atoms with E-state index in [1.54, 1.807) is 22.8 Å². The second-order valence-corrected chi connectivity index (χ2v) is 11.0. The van der Waals surface area contributed by atoms with Crippen molar-refractivity contribution in [1.82, 2.24) is 5.32 Å². The summed E-state index contributed by atoms with van der Waals surface area (Å²) in [6.07, 6.45) is 15.4. The minimum atomic E-state index is -0.818. The van der Waals surface area contributed by atoms with Crippen molar-refractivity contribution in [2.45, 2.75) is 97.3 Å². The fourth-order valence-corrected chi connectivity index (χ4v) is 5.48. The molecule has 1 atom stereocenters. The number of rotatable bonds is 11. The fourth-order valence-electron chi connectivity index (χ4n) is 4.50. The molecule has 1 aliphatic carbocycles. The van der Waals surface area contributed by atoms with Gasteiger partial charge in [-0.15, -0.1) is 11.3 Å². The molecule has 2 aromatic heterocycles. The van der Waals surface area contributed by atoms with Gasteiger partial charge in [-0.1, -0.05) is 59.0 Å². The van der Waals surface area contributed by atoms with Crippen LogP contribution in [-0.2, 0) is 17.6 Å². The molecule has 0 saturated heterocycles. The molecule has 1 unspecified atom stereocenters. The largest absolute Gasteiger partial charge is 0.507 e. The van der Waals surface area contributed by atoms with Gasteiger partial charge in [0.2, 0.25) is 0 Å². The number of hydrogen-bond donors (Lipinski definition) is 2. The Morgan fingerprint density at radius 2 is 1.92 bits per heavy atom. The summed E-state index contributed by atoms with van der Waals surface area (Å²) in [4.78, 5) is 37.4. The normalized spacial score (nSPS) is 14.5. The quantitative estimate of drug-likeness (QED) is 0.283. The van der Waals surface area contributed by atoms with Crippen molar-refractivity contribution in [2.75, 3.05) is 7.11 Å². The molecule has 1 saturated carbocycles. The maximum absolute atomic E-state index is 11.8. The highest BCUT2D eigenvalue weighted by atomic mass is 32.1. The highest BCUT2D eigenvalue weighted by molar-refractivity contribution is 7.11. The van der Waals surface area contributed by atoms with Crippen LogP contribution in [0.5, 0.6) is 5.75 Å². The Morgan fingerprint density at radius 3 is 2.53 bits per heavy atom. The number of amides is 1. The molecule has 7 nitrogen and oxygen atoms in total. The van der Waals surface area contributed by atoms with Gasteiger partial charge in [0.15, 0.2) is 5.78 Å². The van der Waals surface area contributed by atoms with Crippen LogP contribution in [0.25, 0.3) is 0 Å². The number of carbonyl (C=O) groups is 2. The molecule has 2 N–H and O–H groups in total. The molecule has 1 amide bonds. The predicted octanol–water partition coefficient (Wildman–Crippen LogP) is 7.51. The maximum Gasteiger partial charge on any atom is 0.410 e. The lowest BCUT2D eigenvalue weighted by molar-refractivity contribution is 0.0980. The fraction of sp³-hybridized carbons (Fsp3) is 0.567. The zero-order valence-corrected chi connectivity index (χ0v) is 24.0. The standard InChI is InChI=1S/C16H21NO6.C14H22S/c1-4-11(18)14-12(19)9-13(23-15(14)20)10(2)7-5-6-8-17-16(21)22-3;1-2-13-10-11-14(15-13)9-8-12-6-4-3-5-7-12/h6,8-10,19H,4-5,7H2,1-3H3,(H,17,21);10-12H,2-9H2,1H3/b8-6+;. The Labute approximate surface area is 230 Å². The molecule has 2 aromatic rings. The van der Waals surface area contributed by atoms with E-state index < -0.39 is 17.5 Å². The summed E-state index contributed by atoms with van der Waals surface area (Å²) < 4.78 is 9.54. The smallest absolute Gasteiger partial charge is 0.410 e. The first-order valence-corrected chi connectivity index (χ1v) is 14.6. The number of Topliss-reactive ketones (excluding diaryl/α,β-unsaturated/α-hetero) is 1. The van der Waals surface area contributed by atoms with Crippen LogP contribution >= 0.6 is 11.3 Å². The molecule has 0 radical (unpaired) electrons. The summed E-state index contributed by atoms with van der Waals surface area (Å²) in [6.45, 7) is 5.68. The molecule has 0 spiro atoms. The lowest BCUT2D eigenvalue weighted by Crippen LogP contribution is -2.16. The number of nitrogens with one attached hydrogen (secondary N) is 1. The van der Waals surface area contributed by atoms with Crippen molar-refractivity contribution in [2.24, 2.45) is 5.92 Å². The van der Waals surface area contributed by atoms with E-state index in [-0.39, 0.29) is 23.7 Å². The first kappa shape index (κ1) is 31.3. The van der Waals surface area contributed by atoms with Crippen LogP contribution in [0.4, 0.5) is 4.79 Å². The average molecular weight is 546 g/mol. The molecule has 0 aliphatic heterocycles. The van der Waals surface area contributed by atoms with Gasteiger partial charge in [-0.05, 0) is 50.2 Å². The molecule has 38 heavy (non-hydrogen) atoms. The van der Waals surface area contributed by atoms with Crippen LogP contribution in [0, 0.1) is 5.92 Å². The number of thiophene rings is 1. The molecule has 1 aliphatic rings. The monoisotopic (exact) mass is 545 g/mol. The van der Waals surface area contributed by atoms with Crippen LogP contribution in [0.2, 0.25) is 0 Å². The first-order chi connectivity index (χ1) is 18.3. The molecule has 210 valence electrons. The van der Waals surface area contributed by atoms with Gasteiger partial charge < -0.3 is 14.3 Å². The molecular formula is C30H43NO6S. The van der Waals surface area contributed by atoms with E-state index in [2.05, 4.69) is 29.1 Å². The Balaban J connectivity index is 0.000000290. The van der Waals surface area contributed by atoms with Crippen LogP contribution in [0.1, 0.15) is 110 Å². The van der Waals surface area contributed by atoms with Crippen molar-refractivity contribution in [1.29, 1.82) is 0 Å². The molecular weight excluding hydrogens is 502 g/mol. The van der Waals surface area contributed by atoms with E-state index in [0.717, 1.165) is 5.92 Å². The number of allylic oxidation sites excluding steroid dienone is 1. The summed E-state index contributed by atoms with van der Waals surface area (Å²) >= 11 is 2.02. The highest BCUT2D eigenvalue weighted by Gasteiger charge is 2.19. The highest BCUT2D eigenvalue weighted by Crippen LogP contribution is 2.29. The van der Waals surface area contributed by atoms with Gasteiger partial charge in [0.1, 0.15) is 17.1 Å². The summed E-state index contributed by atoms with van der Waals surface area (Å²) in [6, 6.07) is 5.96. The topological polar surface area (TPSA) is 106 Å². The minimum absolute atomic E-state index is 0.116. The van der Waals surface area contributed by atoms with E-state index in [0.29, 0.717) is 18.6 Å². The zero-order valence-electron chi connectivity index (χ0n) is 23.2. The number of hydrogen-bond acceptors (Lipinski definition) is 7. The second-order valence-electron chi connectivity index (χ2n) is 9.75. The third kappa shape index (κ3) is 10.5. The molecule has 0 aromatic carbocycles. The third-order valence-electron chi connectivity index (χ3n) is 6.90. The van der Waals surface area contributed by atoms with Gasteiger partial charge >= 0.3 is 11.7 Å². The second kappa shape index (κ2) is 16.9. The number of aromatic hydroxyl groups is 1. The van der Waals surface area contributed by atoms with Crippen LogP contribution in [-0.4, -0.2) is 24.1 Å². The van der Waals surface area contributed by atoms with Gasteiger partial charge in [-0.2, -0.15) is 0 Å². The van der Waals surface area contributed by atoms with Crippen LogP contribution in [0.15, 0.2) is 39.7 Å². The van der Waals surface area contributed by atoms with Gasteiger partial charge in [0, 0.05) is 34.4 Å². The van der Waals surface area contributed by atoms with E-state index in [1.807, 2.05) is 18.3 Å². The van der Waals surface area contributed by atoms with Gasteiger partial charge in [-0.3, -0.25) is 10.1 Å². The first-order valence-electron chi connectivity index (χ1n) is 13.8. The number of ether oxygens (including phenoxy) is 1. The van der Waals surface area contributed by atoms with Crippen molar-refractivity contribution < 1.29 is 23.8 Å². The lowest BCUT2D eigenvalue weighted by atomic mass is 9.86. The van der Waals surface area contributed by atoms with Gasteiger partial charge in [-0.25, -0.2) is 9.59 Å². The number of aryl methyl sites for hydroxylation is 2. The molecule has 0 bridgehead atoms. The number of alkyl carbamates (subject to hydrolysis) is 1. The van der Waals surface area contributed by atoms with Crippen molar-refractivity contribution in [3.8, 4) is 5.75 Å². The molecule has 2 heterocycles. The zero-order chi connectivity index (χ0) is 27.9. The predicted molar refractivity (Wildman–Crippen MR) is 152 cm³/mol. The summed E-state index contributed by atoms with van der Waals surface area (Å²) in [5.74, 6) is 0.410. The van der Waals surface area contributed by atoms with Crippen molar-refractivity contribution >= 4 is 23.2 Å². The number of methoxy groups -OCH3 is 1. The summed E-state index contributed by atoms with van der Waals surface area (Å²) in [7, 11) is 1.27. The molecule has 1 fully saturated rings.